The Morgan fingerprint density at radius 2 is 1.96 bits per heavy atom. The minimum absolute atomic E-state index is 0.107. The Balaban J connectivity index is 1.77. The van der Waals surface area contributed by atoms with Gasteiger partial charge in [0.25, 0.3) is 0 Å². The minimum atomic E-state index is -3.60. The SMILES string of the molecule is O=S(=O)(c1ccc(Cl)cc1)N1C2CCCC1C1=C(C2)C(O)NN1. The third-order valence-corrected chi connectivity index (χ3v) is 7.11. The van der Waals surface area contributed by atoms with Crippen LogP contribution in [-0.2, 0) is 10.0 Å². The van der Waals surface area contributed by atoms with E-state index in [1.807, 2.05) is 0 Å². The Morgan fingerprint density at radius 3 is 2.70 bits per heavy atom. The predicted octanol–water partition coefficient (Wildman–Crippen LogP) is 1.34. The van der Waals surface area contributed by atoms with Gasteiger partial charge in [-0.1, -0.05) is 11.6 Å². The maximum atomic E-state index is 13.1. The van der Waals surface area contributed by atoms with Crippen LogP contribution in [0.25, 0.3) is 0 Å². The number of rotatable bonds is 2. The zero-order chi connectivity index (χ0) is 16.2. The molecule has 4 rings (SSSR count). The molecule has 0 saturated carbocycles. The van der Waals surface area contributed by atoms with E-state index in [1.54, 1.807) is 28.6 Å². The van der Waals surface area contributed by atoms with E-state index in [2.05, 4.69) is 10.9 Å². The maximum absolute atomic E-state index is 13.1. The Bertz CT molecular complexity index is 763. The number of nitrogens with zero attached hydrogens (tertiary/aromatic N) is 1. The van der Waals surface area contributed by atoms with Crippen LogP contribution < -0.4 is 10.9 Å². The molecule has 3 heterocycles. The first-order valence-corrected chi connectivity index (χ1v) is 9.52. The van der Waals surface area contributed by atoms with Crippen LogP contribution in [0.4, 0.5) is 0 Å². The van der Waals surface area contributed by atoms with Crippen LogP contribution in [0.15, 0.2) is 40.4 Å². The molecular weight excluding hydrogens is 338 g/mol. The molecule has 0 aliphatic carbocycles. The fraction of sp³-hybridized carbons (Fsp3) is 0.467. The van der Waals surface area contributed by atoms with Crippen LogP contribution in [0.1, 0.15) is 25.7 Å². The lowest BCUT2D eigenvalue weighted by molar-refractivity contribution is 0.154. The number of halogens is 1. The number of sulfonamides is 1. The van der Waals surface area contributed by atoms with Gasteiger partial charge in [0.1, 0.15) is 6.23 Å². The van der Waals surface area contributed by atoms with Crippen molar-refractivity contribution in [3.8, 4) is 0 Å². The molecule has 2 bridgehead atoms. The monoisotopic (exact) mass is 355 g/mol. The number of hydrogen-bond acceptors (Lipinski definition) is 5. The van der Waals surface area contributed by atoms with E-state index in [0.29, 0.717) is 11.4 Å². The second-order valence-corrected chi connectivity index (χ2v) is 8.48. The summed E-state index contributed by atoms with van der Waals surface area (Å²) in [7, 11) is -3.60. The zero-order valence-corrected chi connectivity index (χ0v) is 13.9. The molecule has 124 valence electrons. The van der Waals surface area contributed by atoms with Crippen molar-refractivity contribution in [3.63, 3.8) is 0 Å². The maximum Gasteiger partial charge on any atom is 0.243 e. The number of nitrogens with one attached hydrogen (secondary N) is 2. The van der Waals surface area contributed by atoms with Gasteiger partial charge in [0.05, 0.1) is 10.9 Å². The number of hydrazine groups is 1. The van der Waals surface area contributed by atoms with Crippen molar-refractivity contribution in [3.05, 3.63) is 40.6 Å². The first-order valence-electron chi connectivity index (χ1n) is 7.70. The summed E-state index contributed by atoms with van der Waals surface area (Å²) in [6.45, 7) is 0. The summed E-state index contributed by atoms with van der Waals surface area (Å²) >= 11 is 5.87. The molecule has 1 fully saturated rings. The number of aliphatic hydroxyl groups excluding tert-OH is 1. The summed E-state index contributed by atoms with van der Waals surface area (Å²) in [4.78, 5) is 0.259. The number of fused-ring (bicyclic) bond motifs is 3. The summed E-state index contributed by atoms with van der Waals surface area (Å²) in [5, 5.41) is 10.5. The highest BCUT2D eigenvalue weighted by Gasteiger charge is 2.48. The van der Waals surface area contributed by atoms with Crippen molar-refractivity contribution >= 4 is 21.6 Å². The van der Waals surface area contributed by atoms with Gasteiger partial charge in [-0.25, -0.2) is 13.8 Å². The Kier molecular flexibility index (Phi) is 3.66. The van der Waals surface area contributed by atoms with Gasteiger partial charge in [0.2, 0.25) is 10.0 Å². The van der Waals surface area contributed by atoms with Crippen molar-refractivity contribution in [1.29, 1.82) is 0 Å². The van der Waals surface area contributed by atoms with E-state index in [4.69, 9.17) is 11.6 Å². The Hall–Kier alpha value is -1.12. The molecule has 0 amide bonds. The summed E-state index contributed by atoms with van der Waals surface area (Å²) in [6.07, 6.45) is 2.38. The van der Waals surface area contributed by atoms with Crippen LogP contribution in [-0.4, -0.2) is 36.1 Å². The average molecular weight is 356 g/mol. The fourth-order valence-corrected chi connectivity index (χ4v) is 5.81. The normalized spacial score (nSPS) is 31.0. The summed E-state index contributed by atoms with van der Waals surface area (Å²) in [5.41, 5.74) is 7.47. The zero-order valence-electron chi connectivity index (χ0n) is 12.4. The molecule has 3 N–H and O–H groups in total. The molecule has 8 heteroatoms. The number of hydrogen-bond donors (Lipinski definition) is 3. The second-order valence-electron chi connectivity index (χ2n) is 6.20. The molecule has 3 atom stereocenters. The average Bonchev–Trinajstić information content (AvgIpc) is 2.88. The molecule has 1 aromatic carbocycles. The third kappa shape index (κ3) is 2.38. The third-order valence-electron chi connectivity index (χ3n) is 4.88. The van der Waals surface area contributed by atoms with Crippen LogP contribution in [0.3, 0.4) is 0 Å². The van der Waals surface area contributed by atoms with Crippen molar-refractivity contribution in [2.24, 2.45) is 0 Å². The topological polar surface area (TPSA) is 81.7 Å². The second kappa shape index (κ2) is 5.46. The van der Waals surface area contributed by atoms with Gasteiger partial charge in [0.15, 0.2) is 0 Å². The van der Waals surface area contributed by atoms with E-state index in [9.17, 15) is 13.5 Å². The van der Waals surface area contributed by atoms with Gasteiger partial charge in [-0.3, -0.25) is 0 Å². The molecule has 6 nitrogen and oxygen atoms in total. The van der Waals surface area contributed by atoms with E-state index in [1.165, 1.54) is 0 Å². The van der Waals surface area contributed by atoms with Crippen LogP contribution in [0.2, 0.25) is 5.02 Å². The minimum Gasteiger partial charge on any atom is -0.373 e. The van der Waals surface area contributed by atoms with Crippen LogP contribution >= 0.6 is 11.6 Å². The highest BCUT2D eigenvalue weighted by atomic mass is 35.5. The van der Waals surface area contributed by atoms with Gasteiger partial charge in [-0.05, 0) is 55.5 Å². The van der Waals surface area contributed by atoms with Crippen molar-refractivity contribution < 1.29 is 13.5 Å². The molecule has 23 heavy (non-hydrogen) atoms. The van der Waals surface area contributed by atoms with Gasteiger partial charge in [-0.2, -0.15) is 4.31 Å². The molecule has 3 aliphatic rings. The van der Waals surface area contributed by atoms with Crippen LogP contribution in [0, 0.1) is 0 Å². The molecule has 1 aromatic rings. The van der Waals surface area contributed by atoms with E-state index in [-0.39, 0.29) is 17.0 Å². The molecular formula is C15H18ClN3O3S. The molecule has 1 saturated heterocycles. The molecule has 0 spiro atoms. The van der Waals surface area contributed by atoms with Crippen molar-refractivity contribution in [2.45, 2.75) is 48.9 Å². The lowest BCUT2D eigenvalue weighted by Gasteiger charge is -2.45. The van der Waals surface area contributed by atoms with Gasteiger partial charge < -0.3 is 10.5 Å². The predicted molar refractivity (Wildman–Crippen MR) is 85.8 cm³/mol. The summed E-state index contributed by atoms with van der Waals surface area (Å²) in [5.74, 6) is 0. The first kappa shape index (κ1) is 15.4. The molecule has 0 radical (unpaired) electrons. The summed E-state index contributed by atoms with van der Waals surface area (Å²) in [6, 6.07) is 5.93. The standard InChI is InChI=1S/C15H18ClN3O3S/c16-9-4-6-11(7-5-9)23(21,22)19-10-2-1-3-13(19)14-12(8-10)15(20)18-17-14/h4-7,10,13,15,17-18,20H,1-3,8H2. The lowest BCUT2D eigenvalue weighted by Crippen LogP contribution is -2.54. The van der Waals surface area contributed by atoms with E-state index in [0.717, 1.165) is 30.5 Å². The smallest absolute Gasteiger partial charge is 0.243 e. The van der Waals surface area contributed by atoms with Crippen molar-refractivity contribution in [2.75, 3.05) is 0 Å². The van der Waals surface area contributed by atoms with Gasteiger partial charge in [0, 0.05) is 16.8 Å². The lowest BCUT2D eigenvalue weighted by atomic mass is 9.85. The number of aliphatic hydroxyl groups is 1. The Morgan fingerprint density at radius 1 is 1.22 bits per heavy atom. The highest BCUT2D eigenvalue weighted by molar-refractivity contribution is 7.89. The van der Waals surface area contributed by atoms with Crippen LogP contribution in [0.5, 0.6) is 0 Å². The highest BCUT2D eigenvalue weighted by Crippen LogP contribution is 2.41. The summed E-state index contributed by atoms with van der Waals surface area (Å²) < 4.78 is 27.9. The van der Waals surface area contributed by atoms with E-state index >= 15 is 0 Å². The largest absolute Gasteiger partial charge is 0.373 e. The first-order chi connectivity index (χ1) is 11.0. The fourth-order valence-electron chi connectivity index (χ4n) is 3.84. The van der Waals surface area contributed by atoms with E-state index < -0.39 is 16.3 Å². The van der Waals surface area contributed by atoms with Crippen molar-refractivity contribution in [1.82, 2.24) is 15.2 Å². The number of piperidine rings is 1. The van der Waals surface area contributed by atoms with Gasteiger partial charge >= 0.3 is 0 Å². The number of benzene rings is 1. The quantitative estimate of drug-likeness (QED) is 0.745. The Labute approximate surface area is 140 Å². The molecule has 0 aromatic heterocycles. The molecule has 3 unspecified atom stereocenters. The molecule has 3 aliphatic heterocycles. The van der Waals surface area contributed by atoms with Gasteiger partial charge in [-0.15, -0.1) is 0 Å².